The van der Waals surface area contributed by atoms with E-state index in [0.717, 1.165) is 29.9 Å². The van der Waals surface area contributed by atoms with Gasteiger partial charge in [-0.2, -0.15) is 0 Å². The second-order valence-corrected chi connectivity index (χ2v) is 5.37. The third kappa shape index (κ3) is 5.37. The number of furan rings is 1. The second-order valence-electron chi connectivity index (χ2n) is 5.37. The van der Waals surface area contributed by atoms with Gasteiger partial charge in [0, 0.05) is 25.6 Å². The molecular weight excluding hydrogens is 322 g/mol. The van der Waals surface area contributed by atoms with Gasteiger partial charge in [0.1, 0.15) is 11.5 Å². The van der Waals surface area contributed by atoms with Crippen molar-refractivity contribution in [3.8, 4) is 0 Å². The molecule has 2 heterocycles. The molecule has 8 nitrogen and oxygen atoms in total. The van der Waals surface area contributed by atoms with Gasteiger partial charge in [0.05, 0.1) is 25.0 Å². The van der Waals surface area contributed by atoms with E-state index in [1.807, 2.05) is 19.9 Å². The van der Waals surface area contributed by atoms with Crippen molar-refractivity contribution in [3.05, 3.63) is 41.2 Å². The van der Waals surface area contributed by atoms with Gasteiger partial charge in [-0.25, -0.2) is 0 Å². The van der Waals surface area contributed by atoms with Crippen LogP contribution in [-0.2, 0) is 30.7 Å². The largest absolute Gasteiger partial charge is 0.467 e. The van der Waals surface area contributed by atoms with Crippen molar-refractivity contribution in [2.75, 3.05) is 13.6 Å². The van der Waals surface area contributed by atoms with E-state index >= 15 is 0 Å². The van der Waals surface area contributed by atoms with Crippen LogP contribution in [0.2, 0.25) is 0 Å². The summed E-state index contributed by atoms with van der Waals surface area (Å²) in [6, 6.07) is 3.59. The fourth-order valence-corrected chi connectivity index (χ4v) is 2.36. The molecule has 0 unspecified atom stereocenters. The summed E-state index contributed by atoms with van der Waals surface area (Å²) < 4.78 is 10.5. The summed E-state index contributed by atoms with van der Waals surface area (Å²) in [6.45, 7) is 5.09. The number of guanidine groups is 1. The fraction of sp³-hybridized carbons (Fsp3) is 0.471. The first-order valence-electron chi connectivity index (χ1n) is 8.37. The Morgan fingerprint density at radius 1 is 1.20 bits per heavy atom. The van der Waals surface area contributed by atoms with Crippen molar-refractivity contribution < 1.29 is 13.7 Å². The van der Waals surface area contributed by atoms with Crippen molar-refractivity contribution in [2.24, 2.45) is 4.99 Å². The number of aryl methyl sites for hydroxylation is 2. The van der Waals surface area contributed by atoms with E-state index in [-0.39, 0.29) is 12.5 Å². The molecule has 0 bridgehead atoms. The van der Waals surface area contributed by atoms with Crippen LogP contribution in [-0.4, -0.2) is 30.6 Å². The van der Waals surface area contributed by atoms with Crippen LogP contribution in [0.1, 0.15) is 36.6 Å². The van der Waals surface area contributed by atoms with Crippen LogP contribution in [0.5, 0.6) is 0 Å². The maximum Gasteiger partial charge on any atom is 0.239 e. The van der Waals surface area contributed by atoms with Crippen molar-refractivity contribution in [3.63, 3.8) is 0 Å². The van der Waals surface area contributed by atoms with E-state index in [9.17, 15) is 4.79 Å². The highest BCUT2D eigenvalue weighted by molar-refractivity contribution is 5.86. The zero-order valence-electron chi connectivity index (χ0n) is 14.9. The number of carbonyl (C=O) groups excluding carboxylic acids is 1. The highest BCUT2D eigenvalue weighted by Gasteiger charge is 2.13. The Morgan fingerprint density at radius 3 is 2.68 bits per heavy atom. The lowest BCUT2D eigenvalue weighted by Gasteiger charge is -2.12. The van der Waals surface area contributed by atoms with Gasteiger partial charge < -0.3 is 24.9 Å². The first-order valence-corrected chi connectivity index (χ1v) is 8.37. The van der Waals surface area contributed by atoms with E-state index in [2.05, 4.69) is 26.1 Å². The summed E-state index contributed by atoms with van der Waals surface area (Å²) in [5.74, 6) is 1.98. The van der Waals surface area contributed by atoms with Gasteiger partial charge in [-0.1, -0.05) is 19.0 Å². The second kappa shape index (κ2) is 9.51. The summed E-state index contributed by atoms with van der Waals surface area (Å²) in [7, 11) is 1.66. The minimum absolute atomic E-state index is 0.116. The standard InChI is InChI=1S/C17H25N5O3/c1-4-14-13(15(5-2)25-22-14)10-20-17(18-3)21-11-16(23)19-9-12-7-6-8-24-12/h6-8H,4-5,9-11H2,1-3H3,(H,19,23)(H2,18,20,21). The Bertz CT molecular complexity index is 670. The van der Waals surface area contributed by atoms with Crippen LogP contribution >= 0.6 is 0 Å². The van der Waals surface area contributed by atoms with Crippen LogP contribution in [0.15, 0.2) is 32.3 Å². The van der Waals surface area contributed by atoms with Crippen molar-refractivity contribution in [1.82, 2.24) is 21.1 Å². The molecule has 1 amide bonds. The topological polar surface area (TPSA) is 105 Å². The zero-order chi connectivity index (χ0) is 18.1. The van der Waals surface area contributed by atoms with Crippen LogP contribution < -0.4 is 16.0 Å². The molecular formula is C17H25N5O3. The summed E-state index contributed by atoms with van der Waals surface area (Å²) in [4.78, 5) is 16.0. The molecule has 0 saturated carbocycles. The molecule has 2 rings (SSSR count). The highest BCUT2D eigenvalue weighted by atomic mass is 16.5. The Morgan fingerprint density at radius 2 is 2.04 bits per heavy atom. The molecule has 0 aliphatic carbocycles. The van der Waals surface area contributed by atoms with E-state index < -0.39 is 0 Å². The molecule has 0 aromatic carbocycles. The first kappa shape index (κ1) is 18.6. The van der Waals surface area contributed by atoms with Gasteiger partial charge in [-0.3, -0.25) is 9.79 Å². The number of hydrogen-bond donors (Lipinski definition) is 3. The Hall–Kier alpha value is -2.77. The van der Waals surface area contributed by atoms with Gasteiger partial charge in [-0.15, -0.1) is 0 Å². The van der Waals surface area contributed by atoms with Crippen molar-refractivity contribution in [1.29, 1.82) is 0 Å². The predicted molar refractivity (Wildman–Crippen MR) is 94.0 cm³/mol. The van der Waals surface area contributed by atoms with Crippen molar-refractivity contribution in [2.45, 2.75) is 39.8 Å². The van der Waals surface area contributed by atoms with E-state index in [1.165, 1.54) is 0 Å². The van der Waals surface area contributed by atoms with Gasteiger partial charge in [0.25, 0.3) is 0 Å². The van der Waals surface area contributed by atoms with E-state index in [1.54, 1.807) is 19.4 Å². The van der Waals surface area contributed by atoms with Crippen LogP contribution in [0.4, 0.5) is 0 Å². The number of carbonyl (C=O) groups is 1. The number of aromatic nitrogens is 1. The van der Waals surface area contributed by atoms with Crippen LogP contribution in [0, 0.1) is 0 Å². The lowest BCUT2D eigenvalue weighted by atomic mass is 10.1. The van der Waals surface area contributed by atoms with Gasteiger partial charge in [-0.05, 0) is 18.6 Å². The molecule has 0 aliphatic heterocycles. The molecule has 136 valence electrons. The number of amides is 1. The summed E-state index contributed by atoms with van der Waals surface area (Å²) in [5, 5.41) is 13.0. The SMILES string of the molecule is CCc1noc(CC)c1CNC(=NC)NCC(=O)NCc1ccco1. The molecule has 0 fully saturated rings. The number of rotatable bonds is 8. The van der Waals surface area contributed by atoms with Gasteiger partial charge >= 0.3 is 0 Å². The molecule has 0 aliphatic rings. The Kier molecular flexibility index (Phi) is 7.06. The smallest absolute Gasteiger partial charge is 0.239 e. The molecule has 0 atom stereocenters. The third-order valence-electron chi connectivity index (χ3n) is 3.72. The molecule has 3 N–H and O–H groups in total. The van der Waals surface area contributed by atoms with Crippen LogP contribution in [0.3, 0.4) is 0 Å². The molecule has 0 radical (unpaired) electrons. The highest BCUT2D eigenvalue weighted by Crippen LogP contribution is 2.15. The monoisotopic (exact) mass is 347 g/mol. The molecule has 0 saturated heterocycles. The molecule has 8 heteroatoms. The first-order chi connectivity index (χ1) is 12.2. The molecule has 25 heavy (non-hydrogen) atoms. The van der Waals surface area contributed by atoms with Crippen molar-refractivity contribution >= 4 is 11.9 Å². The molecule has 0 spiro atoms. The maximum atomic E-state index is 11.9. The fourth-order valence-electron chi connectivity index (χ4n) is 2.36. The maximum absolute atomic E-state index is 11.9. The predicted octanol–water partition coefficient (Wildman–Crippen LogP) is 1.37. The number of aliphatic imine (C=N–C) groups is 1. The number of nitrogens with zero attached hydrogens (tertiary/aromatic N) is 2. The minimum Gasteiger partial charge on any atom is -0.467 e. The average molecular weight is 347 g/mol. The molecule has 2 aromatic rings. The van der Waals surface area contributed by atoms with Gasteiger partial charge in [0.2, 0.25) is 5.91 Å². The Balaban J connectivity index is 1.79. The van der Waals surface area contributed by atoms with E-state index in [4.69, 9.17) is 8.94 Å². The Labute approximate surface area is 147 Å². The normalized spacial score (nSPS) is 11.4. The lowest BCUT2D eigenvalue weighted by Crippen LogP contribution is -2.42. The zero-order valence-corrected chi connectivity index (χ0v) is 14.9. The van der Waals surface area contributed by atoms with E-state index in [0.29, 0.717) is 24.8 Å². The summed E-state index contributed by atoms with van der Waals surface area (Å²) >= 11 is 0. The number of nitrogens with one attached hydrogen (secondary N) is 3. The quantitative estimate of drug-likeness (QED) is 0.492. The summed E-state index contributed by atoms with van der Waals surface area (Å²) in [5.41, 5.74) is 1.99. The summed E-state index contributed by atoms with van der Waals surface area (Å²) in [6.07, 6.45) is 3.16. The minimum atomic E-state index is -0.146. The molecule has 2 aromatic heterocycles. The van der Waals surface area contributed by atoms with Gasteiger partial charge in [0.15, 0.2) is 5.96 Å². The average Bonchev–Trinajstić information content (AvgIpc) is 3.29. The number of hydrogen-bond acceptors (Lipinski definition) is 5. The third-order valence-corrected chi connectivity index (χ3v) is 3.72. The van der Waals surface area contributed by atoms with Crippen LogP contribution in [0.25, 0.3) is 0 Å². The lowest BCUT2D eigenvalue weighted by molar-refractivity contribution is -0.120.